The van der Waals surface area contributed by atoms with Crippen molar-refractivity contribution in [3.8, 4) is 11.5 Å². The van der Waals surface area contributed by atoms with Crippen LogP contribution >= 0.6 is 11.6 Å². The molecule has 2 aromatic rings. The molecule has 0 saturated heterocycles. The van der Waals surface area contributed by atoms with Crippen LogP contribution in [0.25, 0.3) is 0 Å². The highest BCUT2D eigenvalue weighted by Crippen LogP contribution is 2.37. The lowest BCUT2D eigenvalue weighted by Crippen LogP contribution is -2.30. The van der Waals surface area contributed by atoms with Gasteiger partial charge >= 0.3 is 0 Å². The Kier molecular flexibility index (Phi) is 3.09. The second-order valence-corrected chi connectivity index (χ2v) is 5.11. The van der Waals surface area contributed by atoms with Crippen LogP contribution in [0.5, 0.6) is 11.5 Å². The van der Waals surface area contributed by atoms with E-state index in [1.54, 1.807) is 12.1 Å². The van der Waals surface area contributed by atoms with Crippen LogP contribution in [0.3, 0.4) is 0 Å². The molecule has 0 bridgehead atoms. The van der Waals surface area contributed by atoms with Gasteiger partial charge in [-0.3, -0.25) is 0 Å². The van der Waals surface area contributed by atoms with Crippen molar-refractivity contribution in [3.05, 3.63) is 58.1 Å². The summed E-state index contributed by atoms with van der Waals surface area (Å²) in [6, 6.07) is 10.9. The van der Waals surface area contributed by atoms with Gasteiger partial charge in [0.1, 0.15) is 0 Å². The first-order valence-electron chi connectivity index (χ1n) is 6.19. The van der Waals surface area contributed by atoms with E-state index in [-0.39, 0.29) is 17.5 Å². The lowest BCUT2D eigenvalue weighted by atomic mass is 9.89. The summed E-state index contributed by atoms with van der Waals surface area (Å²) in [7, 11) is 0. The normalized spacial score (nSPS) is 18.1. The number of phenols is 2. The molecule has 0 aromatic heterocycles. The Morgan fingerprint density at radius 1 is 1.05 bits per heavy atom. The molecule has 3 nitrogen and oxygen atoms in total. The van der Waals surface area contributed by atoms with E-state index in [1.165, 1.54) is 0 Å². The first kappa shape index (κ1) is 12.3. The van der Waals surface area contributed by atoms with Gasteiger partial charge in [-0.2, -0.15) is 0 Å². The number of benzene rings is 2. The molecule has 4 heteroatoms. The fourth-order valence-corrected chi connectivity index (χ4v) is 2.81. The van der Waals surface area contributed by atoms with Crippen molar-refractivity contribution < 1.29 is 10.2 Å². The second kappa shape index (κ2) is 4.76. The summed E-state index contributed by atoms with van der Waals surface area (Å²) in [5.74, 6) is -0.168. The fourth-order valence-electron chi connectivity index (χ4n) is 2.57. The smallest absolute Gasteiger partial charge is 0.157 e. The van der Waals surface area contributed by atoms with Crippen LogP contribution < -0.4 is 5.32 Å². The summed E-state index contributed by atoms with van der Waals surface area (Å²) < 4.78 is 0. The van der Waals surface area contributed by atoms with Crippen molar-refractivity contribution in [2.24, 2.45) is 0 Å². The van der Waals surface area contributed by atoms with Crippen LogP contribution in [-0.4, -0.2) is 16.8 Å². The minimum atomic E-state index is -0.0977. The van der Waals surface area contributed by atoms with E-state index in [0.717, 1.165) is 29.7 Å². The van der Waals surface area contributed by atoms with Crippen LogP contribution in [0.1, 0.15) is 22.7 Å². The maximum atomic E-state index is 9.70. The SMILES string of the molecule is Oc1cc2c(cc1O)[C@H](c1ccccc1Cl)NCC2. The van der Waals surface area contributed by atoms with Gasteiger partial charge in [0, 0.05) is 11.6 Å². The molecule has 0 amide bonds. The van der Waals surface area contributed by atoms with Crippen molar-refractivity contribution in [1.29, 1.82) is 0 Å². The summed E-state index contributed by atoms with van der Waals surface area (Å²) in [6.07, 6.45) is 0.824. The number of nitrogens with one attached hydrogen (secondary N) is 1. The highest BCUT2D eigenvalue weighted by molar-refractivity contribution is 6.31. The average molecular weight is 276 g/mol. The van der Waals surface area contributed by atoms with E-state index >= 15 is 0 Å². The lowest BCUT2D eigenvalue weighted by molar-refractivity contribution is 0.400. The van der Waals surface area contributed by atoms with Gasteiger partial charge in [-0.15, -0.1) is 0 Å². The minimum absolute atomic E-state index is 0.0519. The third-order valence-electron chi connectivity index (χ3n) is 3.51. The third-order valence-corrected chi connectivity index (χ3v) is 3.85. The third kappa shape index (κ3) is 2.15. The monoisotopic (exact) mass is 275 g/mol. The zero-order valence-electron chi connectivity index (χ0n) is 10.2. The summed E-state index contributed by atoms with van der Waals surface area (Å²) >= 11 is 6.24. The van der Waals surface area contributed by atoms with Gasteiger partial charge in [-0.1, -0.05) is 29.8 Å². The molecule has 0 radical (unpaired) electrons. The maximum absolute atomic E-state index is 9.70. The summed E-state index contributed by atoms with van der Waals surface area (Å²) in [5.41, 5.74) is 2.99. The number of aromatic hydroxyl groups is 2. The first-order valence-corrected chi connectivity index (χ1v) is 6.57. The van der Waals surface area contributed by atoms with E-state index in [0.29, 0.717) is 5.02 Å². The van der Waals surface area contributed by atoms with Crippen molar-refractivity contribution >= 4 is 11.6 Å². The number of fused-ring (bicyclic) bond motifs is 1. The Labute approximate surface area is 116 Å². The van der Waals surface area contributed by atoms with Gasteiger partial charge in [0.2, 0.25) is 0 Å². The van der Waals surface area contributed by atoms with E-state index in [9.17, 15) is 10.2 Å². The zero-order valence-corrected chi connectivity index (χ0v) is 11.0. The highest BCUT2D eigenvalue weighted by atomic mass is 35.5. The summed E-state index contributed by atoms with van der Waals surface area (Å²) in [5, 5.41) is 23.4. The standard InChI is InChI=1S/C15H14ClNO2/c16-12-4-2-1-3-10(12)15-11-8-14(19)13(18)7-9(11)5-6-17-15/h1-4,7-8,15,17-19H,5-6H2/t15-/m0/s1. The molecule has 0 saturated carbocycles. The molecule has 3 N–H and O–H groups in total. The summed E-state index contributed by atoms with van der Waals surface area (Å²) in [4.78, 5) is 0. The number of hydrogen-bond donors (Lipinski definition) is 3. The molecular formula is C15H14ClNO2. The molecule has 0 aliphatic carbocycles. The molecule has 1 atom stereocenters. The Hall–Kier alpha value is -1.71. The average Bonchev–Trinajstić information content (AvgIpc) is 2.40. The van der Waals surface area contributed by atoms with Gasteiger partial charge in [-0.05, 0) is 41.3 Å². The molecule has 0 fully saturated rings. The topological polar surface area (TPSA) is 52.5 Å². The quantitative estimate of drug-likeness (QED) is 0.702. The Balaban J connectivity index is 2.13. The minimum Gasteiger partial charge on any atom is -0.504 e. The highest BCUT2D eigenvalue weighted by Gasteiger charge is 2.24. The Morgan fingerprint density at radius 3 is 2.58 bits per heavy atom. The van der Waals surface area contributed by atoms with Crippen molar-refractivity contribution in [2.45, 2.75) is 12.5 Å². The number of rotatable bonds is 1. The predicted octanol–water partition coefficient (Wildman–Crippen LogP) is 2.99. The molecular weight excluding hydrogens is 262 g/mol. The molecule has 3 rings (SSSR count). The number of phenolic OH excluding ortho intramolecular Hbond substituents is 2. The largest absolute Gasteiger partial charge is 0.504 e. The fraction of sp³-hybridized carbons (Fsp3) is 0.200. The van der Waals surface area contributed by atoms with E-state index < -0.39 is 0 Å². The summed E-state index contributed by atoms with van der Waals surface area (Å²) in [6.45, 7) is 0.813. The molecule has 1 aliphatic rings. The number of hydrogen-bond acceptors (Lipinski definition) is 3. The molecule has 0 spiro atoms. The molecule has 1 aliphatic heterocycles. The van der Waals surface area contributed by atoms with Crippen LogP contribution in [0, 0.1) is 0 Å². The van der Waals surface area contributed by atoms with Crippen molar-refractivity contribution in [1.82, 2.24) is 5.32 Å². The molecule has 1 heterocycles. The first-order chi connectivity index (χ1) is 9.16. The van der Waals surface area contributed by atoms with Crippen LogP contribution in [0.2, 0.25) is 5.02 Å². The number of halogens is 1. The zero-order chi connectivity index (χ0) is 13.4. The van der Waals surface area contributed by atoms with E-state index in [1.807, 2.05) is 24.3 Å². The van der Waals surface area contributed by atoms with Crippen molar-refractivity contribution in [3.63, 3.8) is 0 Å². The molecule has 19 heavy (non-hydrogen) atoms. The molecule has 98 valence electrons. The van der Waals surface area contributed by atoms with Gasteiger partial charge in [0.15, 0.2) is 11.5 Å². The van der Waals surface area contributed by atoms with Gasteiger partial charge in [-0.25, -0.2) is 0 Å². The van der Waals surface area contributed by atoms with Gasteiger partial charge in [0.25, 0.3) is 0 Å². The second-order valence-electron chi connectivity index (χ2n) is 4.70. The van der Waals surface area contributed by atoms with E-state index in [4.69, 9.17) is 11.6 Å². The van der Waals surface area contributed by atoms with Crippen LogP contribution in [-0.2, 0) is 6.42 Å². The molecule has 0 unspecified atom stereocenters. The Bertz CT molecular complexity index is 628. The van der Waals surface area contributed by atoms with E-state index in [2.05, 4.69) is 5.32 Å². The lowest BCUT2D eigenvalue weighted by Gasteiger charge is -2.28. The van der Waals surface area contributed by atoms with Crippen LogP contribution in [0.4, 0.5) is 0 Å². The van der Waals surface area contributed by atoms with Crippen LogP contribution in [0.15, 0.2) is 36.4 Å². The van der Waals surface area contributed by atoms with Gasteiger partial charge in [0.05, 0.1) is 6.04 Å². The van der Waals surface area contributed by atoms with Gasteiger partial charge < -0.3 is 15.5 Å². The predicted molar refractivity (Wildman–Crippen MR) is 74.8 cm³/mol. The maximum Gasteiger partial charge on any atom is 0.157 e. The Morgan fingerprint density at radius 2 is 1.79 bits per heavy atom. The molecule has 2 aromatic carbocycles. The van der Waals surface area contributed by atoms with Crippen molar-refractivity contribution in [2.75, 3.05) is 6.54 Å².